The van der Waals surface area contributed by atoms with Gasteiger partial charge in [-0.1, -0.05) is 54.6 Å². The van der Waals surface area contributed by atoms with Gasteiger partial charge in [0, 0.05) is 0 Å². The van der Waals surface area contributed by atoms with Gasteiger partial charge in [0.2, 0.25) is 0 Å². The highest BCUT2D eigenvalue weighted by Gasteiger charge is 2.95. The van der Waals surface area contributed by atoms with Crippen molar-refractivity contribution in [1.82, 2.24) is 0 Å². The summed E-state index contributed by atoms with van der Waals surface area (Å²) < 4.78 is 235. The SMILES string of the molecule is FC(F)(F)C(F)(F)C(F)(F)C(F)(F)C(F)(F)C(F)(F)C(F)(F)C(F)(F)CC[P+](c1ccccc1)(c1ccccc1)c1ccccc1.[I-]. The first-order chi connectivity index (χ1) is 20.8. The lowest BCUT2D eigenvalue weighted by Crippen LogP contribution is -3.00. The Kier molecular flexibility index (Phi) is 11.4. The highest BCUT2D eigenvalue weighted by Crippen LogP contribution is 2.65. The van der Waals surface area contributed by atoms with Gasteiger partial charge in [-0.25, -0.2) is 0 Å². The Hall–Kier alpha value is -2.37. The van der Waals surface area contributed by atoms with Gasteiger partial charge in [-0.3, -0.25) is 0 Å². The fourth-order valence-electron chi connectivity index (χ4n) is 4.54. The smallest absolute Gasteiger partial charge is 0.460 e. The summed E-state index contributed by atoms with van der Waals surface area (Å²) >= 11 is 0. The minimum atomic E-state index is -8.66. The summed E-state index contributed by atoms with van der Waals surface area (Å²) in [5.41, 5.74) is 0. The van der Waals surface area contributed by atoms with Crippen molar-refractivity contribution in [3.05, 3.63) is 91.0 Å². The van der Waals surface area contributed by atoms with E-state index < -0.39 is 67.5 Å². The van der Waals surface area contributed by atoms with Gasteiger partial charge in [-0.05, 0) is 36.4 Å². The van der Waals surface area contributed by atoms with Crippen LogP contribution in [-0.4, -0.2) is 53.8 Å². The third-order valence-corrected chi connectivity index (χ3v) is 11.6. The molecule has 0 heterocycles. The van der Waals surface area contributed by atoms with E-state index in [1.165, 1.54) is 91.0 Å². The van der Waals surface area contributed by atoms with Crippen LogP contribution in [0.5, 0.6) is 0 Å². The van der Waals surface area contributed by atoms with E-state index in [-0.39, 0.29) is 39.9 Å². The molecule has 0 spiro atoms. The molecule has 0 bridgehead atoms. The molecule has 47 heavy (non-hydrogen) atoms. The summed E-state index contributed by atoms with van der Waals surface area (Å²) in [6.07, 6.45) is -11.6. The van der Waals surface area contributed by atoms with Crippen molar-refractivity contribution >= 4 is 23.2 Å². The Balaban J connectivity index is 0.00000768. The van der Waals surface area contributed by atoms with Crippen LogP contribution in [-0.2, 0) is 0 Å². The average Bonchev–Trinajstić information content (AvgIpc) is 2.98. The predicted molar refractivity (Wildman–Crippen MR) is 135 cm³/mol. The van der Waals surface area contributed by atoms with Crippen molar-refractivity contribution in [1.29, 1.82) is 0 Å². The van der Waals surface area contributed by atoms with E-state index >= 15 is 8.78 Å². The van der Waals surface area contributed by atoms with Gasteiger partial charge in [0.15, 0.2) is 0 Å². The molecule has 0 radical (unpaired) electrons. The van der Waals surface area contributed by atoms with Crippen molar-refractivity contribution in [2.45, 2.75) is 54.1 Å². The molecule has 3 rings (SSSR count). The lowest BCUT2D eigenvalue weighted by molar-refractivity contribution is -0.461. The van der Waals surface area contributed by atoms with Gasteiger partial charge < -0.3 is 24.0 Å². The molecule has 0 aliphatic carbocycles. The molecule has 0 nitrogen and oxygen atoms in total. The zero-order chi connectivity index (χ0) is 35.3. The van der Waals surface area contributed by atoms with Crippen molar-refractivity contribution in [2.24, 2.45) is 0 Å². The van der Waals surface area contributed by atoms with Gasteiger partial charge in [0.1, 0.15) is 23.2 Å². The standard InChI is InChI=1S/C28H19F17P.HI/c29-21(30,22(31,32)23(33,34)24(35,36)25(37,38)26(39,40)27(41,42)28(43,44)45)16-17-46(18-10-4-1-5-11-18,19-12-6-2-7-13-19)20-14-8-3-9-15-20;/h1-15H,16-17H2;1H/q+1;/p-1. The third kappa shape index (κ3) is 6.29. The molecule has 19 heteroatoms. The molecule has 262 valence electrons. The first kappa shape index (κ1) is 40.8. The summed E-state index contributed by atoms with van der Waals surface area (Å²) in [5, 5.41) is 0.470. The Bertz CT molecular complexity index is 1360. The normalized spacial score (nSPS) is 14.5. The van der Waals surface area contributed by atoms with Gasteiger partial charge >= 0.3 is 47.6 Å². The quantitative estimate of drug-likeness (QED) is 0.113. The molecule has 0 saturated heterocycles. The van der Waals surface area contributed by atoms with Crippen molar-refractivity contribution in [2.75, 3.05) is 6.16 Å². The van der Waals surface area contributed by atoms with E-state index in [0.29, 0.717) is 0 Å². The highest BCUT2D eigenvalue weighted by molar-refractivity contribution is 7.95. The molecule has 0 unspecified atom stereocenters. The Morgan fingerprint density at radius 2 is 0.617 bits per heavy atom. The molecule has 0 amide bonds. The molecule has 0 aliphatic rings. The number of rotatable bonds is 12. The van der Waals surface area contributed by atoms with Gasteiger partial charge in [-0.15, -0.1) is 0 Å². The molecule has 0 N–H and O–H groups in total. The lowest BCUT2D eigenvalue weighted by Gasteiger charge is -2.43. The van der Waals surface area contributed by atoms with E-state index in [1.54, 1.807) is 0 Å². The zero-order valence-electron chi connectivity index (χ0n) is 22.8. The van der Waals surface area contributed by atoms with Crippen LogP contribution in [0.2, 0.25) is 0 Å². The molecular formula is C28H19F17IP. The Morgan fingerprint density at radius 1 is 0.362 bits per heavy atom. The maximum atomic E-state index is 15.1. The molecule has 0 saturated carbocycles. The molecule has 3 aromatic rings. The van der Waals surface area contributed by atoms with Gasteiger partial charge in [0.25, 0.3) is 0 Å². The maximum Gasteiger partial charge on any atom is 0.460 e. The van der Waals surface area contributed by atoms with Crippen LogP contribution in [0.4, 0.5) is 74.6 Å². The van der Waals surface area contributed by atoms with E-state index in [0.717, 1.165) is 0 Å². The number of halogens is 18. The Morgan fingerprint density at radius 3 is 0.894 bits per heavy atom. The molecule has 0 fully saturated rings. The van der Waals surface area contributed by atoms with Crippen molar-refractivity contribution in [3.63, 3.8) is 0 Å². The molecule has 0 atom stereocenters. The predicted octanol–water partition coefficient (Wildman–Crippen LogP) is 6.38. The number of benzene rings is 3. The van der Waals surface area contributed by atoms with Crippen molar-refractivity contribution < 1.29 is 98.6 Å². The van der Waals surface area contributed by atoms with E-state index in [4.69, 9.17) is 0 Å². The molecule has 0 aromatic heterocycles. The second kappa shape index (κ2) is 13.2. The molecule has 0 aliphatic heterocycles. The summed E-state index contributed by atoms with van der Waals surface area (Å²) in [7, 11) is -3.65. The van der Waals surface area contributed by atoms with Gasteiger partial charge in [-0.2, -0.15) is 74.6 Å². The van der Waals surface area contributed by atoms with Crippen molar-refractivity contribution in [3.8, 4) is 0 Å². The van der Waals surface area contributed by atoms with Crippen LogP contribution in [0.25, 0.3) is 0 Å². The summed E-state index contributed by atoms with van der Waals surface area (Å²) in [6.45, 7) is 0. The molecular weight excluding hydrogens is 817 g/mol. The van der Waals surface area contributed by atoms with Gasteiger partial charge in [0.05, 0.1) is 12.6 Å². The summed E-state index contributed by atoms with van der Waals surface area (Å²) in [6, 6.07) is 20.7. The van der Waals surface area contributed by atoms with E-state index in [2.05, 4.69) is 0 Å². The van der Waals surface area contributed by atoms with Crippen LogP contribution in [0.1, 0.15) is 6.42 Å². The largest absolute Gasteiger partial charge is 1.00 e. The number of hydrogen-bond donors (Lipinski definition) is 0. The highest BCUT2D eigenvalue weighted by atomic mass is 127. The minimum absolute atomic E-state index is 0. The average molecular weight is 836 g/mol. The fraction of sp³-hybridized carbons (Fsp3) is 0.357. The summed E-state index contributed by atoms with van der Waals surface area (Å²) in [4.78, 5) is 0. The lowest BCUT2D eigenvalue weighted by atomic mass is 9.88. The van der Waals surface area contributed by atoms with Crippen LogP contribution in [0.3, 0.4) is 0 Å². The van der Waals surface area contributed by atoms with E-state index in [1.807, 2.05) is 0 Å². The third-order valence-electron chi connectivity index (χ3n) is 7.14. The Labute approximate surface area is 272 Å². The fourth-order valence-corrected chi connectivity index (χ4v) is 8.87. The van der Waals surface area contributed by atoms with E-state index in [9.17, 15) is 65.9 Å². The minimum Gasteiger partial charge on any atom is -1.00 e. The second-order valence-corrected chi connectivity index (χ2v) is 13.6. The zero-order valence-corrected chi connectivity index (χ0v) is 25.9. The van der Waals surface area contributed by atoms with Crippen LogP contribution in [0.15, 0.2) is 91.0 Å². The van der Waals surface area contributed by atoms with Crippen LogP contribution in [0, 0.1) is 0 Å². The summed E-state index contributed by atoms with van der Waals surface area (Å²) in [5.74, 6) is -56.5. The molecule has 3 aromatic carbocycles. The number of hydrogen-bond acceptors (Lipinski definition) is 0. The second-order valence-electron chi connectivity index (χ2n) is 9.94. The number of alkyl halides is 17. The van der Waals surface area contributed by atoms with Crippen LogP contribution < -0.4 is 39.9 Å². The first-order valence-electron chi connectivity index (χ1n) is 12.5. The van der Waals surface area contributed by atoms with Crippen LogP contribution >= 0.6 is 7.26 Å². The maximum absolute atomic E-state index is 15.1. The first-order valence-corrected chi connectivity index (χ1v) is 14.5. The topological polar surface area (TPSA) is 0 Å². The monoisotopic (exact) mass is 836 g/mol.